The van der Waals surface area contributed by atoms with Gasteiger partial charge in [0.15, 0.2) is 0 Å². The number of piperidine rings is 1. The van der Waals surface area contributed by atoms with Crippen molar-refractivity contribution in [1.29, 1.82) is 0 Å². The van der Waals surface area contributed by atoms with Crippen molar-refractivity contribution in [2.45, 2.75) is 26.2 Å². The van der Waals surface area contributed by atoms with Crippen LogP contribution in [-0.2, 0) is 19.1 Å². The van der Waals surface area contributed by atoms with Gasteiger partial charge in [-0.2, -0.15) is 0 Å². The number of methoxy groups -OCH3 is 2. The van der Waals surface area contributed by atoms with Gasteiger partial charge in [-0.05, 0) is 38.3 Å². The Morgan fingerprint density at radius 2 is 1.93 bits per heavy atom. The number of carbonyl (C=O) groups is 3. The van der Waals surface area contributed by atoms with Crippen molar-refractivity contribution in [2.75, 3.05) is 45.4 Å². The van der Waals surface area contributed by atoms with E-state index in [2.05, 4.69) is 0 Å². The molecule has 2 heterocycles. The number of ether oxygens (including phenoxy) is 3. The molecular weight excluding hydrogens is 376 g/mol. The van der Waals surface area contributed by atoms with E-state index < -0.39 is 5.92 Å². The number of benzene rings is 1. The first-order valence-electron chi connectivity index (χ1n) is 9.99. The van der Waals surface area contributed by atoms with Crippen LogP contribution in [0.3, 0.4) is 0 Å². The first-order chi connectivity index (χ1) is 14.0. The van der Waals surface area contributed by atoms with Gasteiger partial charge in [0.1, 0.15) is 17.4 Å². The van der Waals surface area contributed by atoms with Gasteiger partial charge in [0, 0.05) is 25.7 Å². The molecule has 0 N–H and O–H groups in total. The fourth-order valence-corrected chi connectivity index (χ4v) is 4.01. The van der Waals surface area contributed by atoms with Crippen LogP contribution >= 0.6 is 0 Å². The van der Waals surface area contributed by atoms with E-state index in [1.807, 2.05) is 0 Å². The molecule has 8 nitrogen and oxygen atoms in total. The minimum absolute atomic E-state index is 0.214. The molecule has 0 saturated carbocycles. The third kappa shape index (κ3) is 4.31. The second kappa shape index (κ2) is 9.15. The van der Waals surface area contributed by atoms with Crippen LogP contribution in [0.25, 0.3) is 0 Å². The highest BCUT2D eigenvalue weighted by molar-refractivity contribution is 6.10. The van der Waals surface area contributed by atoms with Crippen molar-refractivity contribution in [3.63, 3.8) is 0 Å². The van der Waals surface area contributed by atoms with Gasteiger partial charge >= 0.3 is 5.97 Å². The molecule has 0 spiro atoms. The summed E-state index contributed by atoms with van der Waals surface area (Å²) < 4.78 is 15.7. The molecule has 0 bridgehead atoms. The number of carbonyl (C=O) groups excluding carboxylic acids is 3. The quantitative estimate of drug-likeness (QED) is 0.531. The highest BCUT2D eigenvalue weighted by atomic mass is 16.5. The number of hydrogen-bond donors (Lipinski definition) is 0. The summed E-state index contributed by atoms with van der Waals surface area (Å²) in [6.07, 6.45) is 1.86. The predicted octanol–water partition coefficient (Wildman–Crippen LogP) is 1.86. The van der Waals surface area contributed by atoms with Gasteiger partial charge in [-0.3, -0.25) is 14.4 Å². The van der Waals surface area contributed by atoms with Crippen molar-refractivity contribution < 1.29 is 28.6 Å². The third-order valence-electron chi connectivity index (χ3n) is 5.53. The number of likely N-dealkylation sites (tertiary alicyclic amines) is 1. The Balaban J connectivity index is 1.73. The summed E-state index contributed by atoms with van der Waals surface area (Å²) in [4.78, 5) is 41.4. The molecule has 0 radical (unpaired) electrons. The normalized spacial score (nSPS) is 21.8. The Kier molecular flexibility index (Phi) is 6.61. The largest absolute Gasteiger partial charge is 0.497 e. The summed E-state index contributed by atoms with van der Waals surface area (Å²) in [7, 11) is 3.10. The molecule has 2 atom stereocenters. The molecule has 8 heteroatoms. The Bertz CT molecular complexity index is 780. The predicted molar refractivity (Wildman–Crippen MR) is 106 cm³/mol. The van der Waals surface area contributed by atoms with Gasteiger partial charge in [-0.1, -0.05) is 0 Å². The van der Waals surface area contributed by atoms with Crippen molar-refractivity contribution in [2.24, 2.45) is 11.8 Å². The minimum atomic E-state index is -0.744. The number of amides is 2. The molecular formula is C21H28N2O6. The van der Waals surface area contributed by atoms with Gasteiger partial charge in [0.2, 0.25) is 11.8 Å². The lowest BCUT2D eigenvalue weighted by molar-refractivity contribution is -0.152. The maximum atomic E-state index is 13.1. The van der Waals surface area contributed by atoms with Gasteiger partial charge in [-0.15, -0.1) is 0 Å². The lowest BCUT2D eigenvalue weighted by Gasteiger charge is -2.33. The van der Waals surface area contributed by atoms with Crippen LogP contribution in [0.1, 0.15) is 26.2 Å². The molecule has 2 fully saturated rings. The second-order valence-corrected chi connectivity index (χ2v) is 7.24. The van der Waals surface area contributed by atoms with Crippen LogP contribution in [0.2, 0.25) is 0 Å². The Hall–Kier alpha value is -2.77. The van der Waals surface area contributed by atoms with E-state index in [4.69, 9.17) is 14.2 Å². The van der Waals surface area contributed by atoms with E-state index in [1.54, 1.807) is 42.0 Å². The average molecular weight is 404 g/mol. The van der Waals surface area contributed by atoms with Crippen LogP contribution in [0, 0.1) is 11.8 Å². The smallest absolute Gasteiger partial charge is 0.310 e. The maximum absolute atomic E-state index is 13.1. The molecule has 1 aromatic rings. The molecule has 2 aliphatic rings. The SMILES string of the molecule is CCOC(=O)C1CCCN(C(=O)C2CCN(c3cc(OC)ccc3OC)C2=O)C1. The lowest BCUT2D eigenvalue weighted by atomic mass is 9.96. The Labute approximate surface area is 170 Å². The van der Waals surface area contributed by atoms with Crippen LogP contribution in [0.4, 0.5) is 5.69 Å². The summed E-state index contributed by atoms with van der Waals surface area (Å²) in [5.74, 6) is -0.645. The summed E-state index contributed by atoms with van der Waals surface area (Å²) in [6, 6.07) is 5.24. The van der Waals surface area contributed by atoms with Gasteiger partial charge in [0.05, 0.1) is 32.4 Å². The maximum Gasteiger partial charge on any atom is 0.310 e. The summed E-state index contributed by atoms with van der Waals surface area (Å²) in [5, 5.41) is 0. The number of nitrogens with zero attached hydrogens (tertiary/aromatic N) is 2. The molecule has 158 valence electrons. The monoisotopic (exact) mass is 404 g/mol. The third-order valence-corrected chi connectivity index (χ3v) is 5.53. The number of anilines is 1. The average Bonchev–Trinajstić information content (AvgIpc) is 3.14. The first-order valence-corrected chi connectivity index (χ1v) is 9.99. The Morgan fingerprint density at radius 3 is 2.62 bits per heavy atom. The second-order valence-electron chi connectivity index (χ2n) is 7.24. The van der Waals surface area contributed by atoms with E-state index >= 15 is 0 Å². The zero-order valence-corrected chi connectivity index (χ0v) is 17.2. The van der Waals surface area contributed by atoms with Crippen molar-refractivity contribution in [3.05, 3.63) is 18.2 Å². The molecule has 2 unspecified atom stereocenters. The van der Waals surface area contributed by atoms with Gasteiger partial charge in [0.25, 0.3) is 0 Å². The van der Waals surface area contributed by atoms with Crippen LogP contribution < -0.4 is 14.4 Å². The summed E-state index contributed by atoms with van der Waals surface area (Å²) in [6.45, 7) is 3.38. The molecule has 0 aliphatic carbocycles. The van der Waals surface area contributed by atoms with Gasteiger partial charge < -0.3 is 24.0 Å². The molecule has 0 aromatic heterocycles. The van der Waals surface area contributed by atoms with Crippen LogP contribution in [0.15, 0.2) is 18.2 Å². The number of rotatable bonds is 6. The van der Waals surface area contributed by atoms with E-state index in [0.717, 1.165) is 6.42 Å². The van der Waals surface area contributed by atoms with Crippen molar-refractivity contribution in [1.82, 2.24) is 4.90 Å². The highest BCUT2D eigenvalue weighted by Gasteiger charge is 2.42. The van der Waals surface area contributed by atoms with Crippen LogP contribution in [0.5, 0.6) is 11.5 Å². The number of esters is 1. The molecule has 1 aromatic carbocycles. The Morgan fingerprint density at radius 1 is 1.14 bits per heavy atom. The van der Waals surface area contributed by atoms with Crippen molar-refractivity contribution >= 4 is 23.5 Å². The molecule has 2 saturated heterocycles. The zero-order valence-electron chi connectivity index (χ0n) is 17.2. The first kappa shape index (κ1) is 21.0. The molecule has 2 amide bonds. The molecule has 2 aliphatic heterocycles. The summed E-state index contributed by atoms with van der Waals surface area (Å²) in [5.41, 5.74) is 0.593. The lowest BCUT2D eigenvalue weighted by Crippen LogP contribution is -2.46. The van der Waals surface area contributed by atoms with Gasteiger partial charge in [-0.25, -0.2) is 0 Å². The van der Waals surface area contributed by atoms with Crippen molar-refractivity contribution in [3.8, 4) is 11.5 Å². The topological polar surface area (TPSA) is 85.4 Å². The fourth-order valence-electron chi connectivity index (χ4n) is 4.01. The molecule has 29 heavy (non-hydrogen) atoms. The number of hydrogen-bond acceptors (Lipinski definition) is 6. The van der Waals surface area contributed by atoms with E-state index in [0.29, 0.717) is 56.3 Å². The molecule has 3 rings (SSSR count). The highest BCUT2D eigenvalue weighted by Crippen LogP contribution is 2.36. The standard InChI is InChI=1S/C21H28N2O6/c1-4-29-21(26)14-6-5-10-22(13-14)19(24)16-9-11-23(20(16)25)17-12-15(27-2)7-8-18(17)28-3/h7-8,12,14,16H,4-6,9-11,13H2,1-3H3. The van der Waals surface area contributed by atoms with E-state index in [9.17, 15) is 14.4 Å². The van der Waals surface area contributed by atoms with E-state index in [-0.39, 0.29) is 23.7 Å². The summed E-state index contributed by atoms with van der Waals surface area (Å²) >= 11 is 0. The minimum Gasteiger partial charge on any atom is -0.497 e. The fraction of sp³-hybridized carbons (Fsp3) is 0.571. The van der Waals surface area contributed by atoms with Crippen LogP contribution in [-0.4, -0.2) is 63.1 Å². The zero-order chi connectivity index (χ0) is 21.0. The van der Waals surface area contributed by atoms with E-state index in [1.165, 1.54) is 7.11 Å².